The second-order valence-electron chi connectivity index (χ2n) is 9.65. The van der Waals surface area contributed by atoms with Crippen LogP contribution in [0.5, 0.6) is 0 Å². The van der Waals surface area contributed by atoms with Crippen molar-refractivity contribution in [3.63, 3.8) is 0 Å². The number of halogens is 1. The van der Waals surface area contributed by atoms with Crippen LogP contribution in [0.3, 0.4) is 0 Å². The number of hydrogen-bond acceptors (Lipinski definition) is 7. The predicted molar refractivity (Wildman–Crippen MR) is 137 cm³/mol. The standard InChI is InChI=1S/C26H25FN6O4S/c1-16-6-7-20(27)21(12-16)31-23-18(13-29-24-22(38(28,35)36)14-30-33(23)24)25(34)32-10-8-26(9-11-32)19-5-3-2-4-17(19)15-37-26/h2-7,12-14,31H,8-11,15H2,1H3,(H2,28,35,36). The van der Waals surface area contributed by atoms with E-state index in [2.05, 4.69) is 27.5 Å². The molecule has 2 aliphatic rings. The number of fused-ring (bicyclic) bond motifs is 3. The van der Waals surface area contributed by atoms with Crippen LogP contribution in [-0.4, -0.2) is 46.9 Å². The normalized spacial score (nSPS) is 16.7. The van der Waals surface area contributed by atoms with Crippen LogP contribution in [0.15, 0.2) is 59.8 Å². The summed E-state index contributed by atoms with van der Waals surface area (Å²) in [6.07, 6.45) is 3.58. The first-order valence-electron chi connectivity index (χ1n) is 12.1. The zero-order chi connectivity index (χ0) is 26.7. The highest BCUT2D eigenvalue weighted by atomic mass is 32.2. The third kappa shape index (κ3) is 4.01. The number of carbonyl (C=O) groups excluding carboxylic acids is 1. The number of rotatable bonds is 4. The van der Waals surface area contributed by atoms with Crippen LogP contribution < -0.4 is 10.5 Å². The lowest BCUT2D eigenvalue weighted by molar-refractivity contribution is -0.0741. The molecular formula is C26H25FN6O4S. The molecule has 0 radical (unpaired) electrons. The summed E-state index contributed by atoms with van der Waals surface area (Å²) >= 11 is 0. The number of likely N-dealkylation sites (tertiary alicyclic amines) is 1. The first-order chi connectivity index (χ1) is 18.2. The first-order valence-corrected chi connectivity index (χ1v) is 13.7. The molecule has 4 aromatic rings. The van der Waals surface area contributed by atoms with Crippen molar-refractivity contribution in [2.24, 2.45) is 5.14 Å². The minimum atomic E-state index is -4.14. The highest BCUT2D eigenvalue weighted by Gasteiger charge is 2.43. The number of carbonyl (C=O) groups is 1. The Bertz CT molecular complexity index is 1700. The summed E-state index contributed by atoms with van der Waals surface area (Å²) in [5.41, 5.74) is 2.84. The third-order valence-corrected chi connectivity index (χ3v) is 8.18. The van der Waals surface area contributed by atoms with Crippen LogP contribution in [0.1, 0.15) is 39.9 Å². The van der Waals surface area contributed by atoms with Gasteiger partial charge in [0.15, 0.2) is 5.65 Å². The van der Waals surface area contributed by atoms with Gasteiger partial charge in [-0.3, -0.25) is 4.79 Å². The number of aryl methyl sites for hydroxylation is 1. The van der Waals surface area contributed by atoms with Gasteiger partial charge in [-0.05, 0) is 48.6 Å². The summed E-state index contributed by atoms with van der Waals surface area (Å²) in [6.45, 7) is 3.22. The Labute approximate surface area is 218 Å². The highest BCUT2D eigenvalue weighted by Crippen LogP contribution is 2.44. The lowest BCUT2D eigenvalue weighted by Crippen LogP contribution is -2.45. The molecule has 3 N–H and O–H groups in total. The number of ether oxygens (including phenoxy) is 1. The van der Waals surface area contributed by atoms with Crippen molar-refractivity contribution in [1.82, 2.24) is 19.5 Å². The van der Waals surface area contributed by atoms with Crippen LogP contribution in [0.2, 0.25) is 0 Å². The lowest BCUT2D eigenvalue weighted by Gasteiger charge is -2.39. The maximum atomic E-state index is 14.7. The van der Waals surface area contributed by atoms with Gasteiger partial charge in [0.1, 0.15) is 22.1 Å². The molecule has 0 atom stereocenters. The van der Waals surface area contributed by atoms with E-state index in [0.717, 1.165) is 21.8 Å². The predicted octanol–water partition coefficient (Wildman–Crippen LogP) is 3.23. The molecule has 12 heteroatoms. The van der Waals surface area contributed by atoms with E-state index in [0.29, 0.717) is 32.5 Å². The van der Waals surface area contributed by atoms with Crippen molar-refractivity contribution in [1.29, 1.82) is 0 Å². The number of anilines is 2. The average Bonchev–Trinajstić information content (AvgIpc) is 3.49. The topological polar surface area (TPSA) is 132 Å². The molecule has 10 nitrogen and oxygen atoms in total. The number of hydrogen-bond donors (Lipinski definition) is 2. The van der Waals surface area contributed by atoms with Crippen LogP contribution in [0.25, 0.3) is 5.65 Å². The Morgan fingerprint density at radius 3 is 2.68 bits per heavy atom. The third-order valence-electron chi connectivity index (χ3n) is 7.28. The van der Waals surface area contributed by atoms with Crippen molar-refractivity contribution in [2.75, 3.05) is 18.4 Å². The zero-order valence-electron chi connectivity index (χ0n) is 20.5. The van der Waals surface area contributed by atoms with E-state index < -0.39 is 21.4 Å². The van der Waals surface area contributed by atoms with Crippen LogP contribution in [0, 0.1) is 12.7 Å². The van der Waals surface area contributed by atoms with Gasteiger partial charge in [-0.25, -0.2) is 22.9 Å². The molecule has 2 aliphatic heterocycles. The summed E-state index contributed by atoms with van der Waals surface area (Å²) in [5, 5.41) is 12.4. The van der Waals surface area contributed by atoms with Gasteiger partial charge in [0.25, 0.3) is 5.91 Å². The van der Waals surface area contributed by atoms with E-state index in [9.17, 15) is 17.6 Å². The molecule has 38 heavy (non-hydrogen) atoms. The molecule has 1 saturated heterocycles. The molecule has 0 unspecified atom stereocenters. The van der Waals surface area contributed by atoms with Crippen molar-refractivity contribution >= 4 is 33.1 Å². The SMILES string of the molecule is Cc1ccc(F)c(Nc2c(C(=O)N3CCC4(CC3)OCc3ccccc34)cnc3c(S(N)(=O)=O)cnn23)c1. The Morgan fingerprint density at radius 2 is 1.92 bits per heavy atom. The Hall–Kier alpha value is -3.87. The van der Waals surface area contributed by atoms with Crippen LogP contribution in [-0.2, 0) is 27.0 Å². The average molecular weight is 537 g/mol. The fourth-order valence-corrected chi connectivity index (χ4v) is 5.88. The summed E-state index contributed by atoms with van der Waals surface area (Å²) in [6, 6.07) is 12.6. The number of piperidine rings is 1. The number of aromatic nitrogens is 3. The van der Waals surface area contributed by atoms with Gasteiger partial charge >= 0.3 is 0 Å². The van der Waals surface area contributed by atoms with Crippen molar-refractivity contribution < 1.29 is 22.3 Å². The summed E-state index contributed by atoms with van der Waals surface area (Å²) in [4.78, 5) is 19.4. The van der Waals surface area contributed by atoms with Gasteiger partial charge in [-0.1, -0.05) is 30.3 Å². The van der Waals surface area contributed by atoms with Gasteiger partial charge < -0.3 is 15.0 Å². The van der Waals surface area contributed by atoms with E-state index in [-0.39, 0.29) is 33.5 Å². The molecular weight excluding hydrogens is 511 g/mol. The highest BCUT2D eigenvalue weighted by molar-refractivity contribution is 7.89. The van der Waals surface area contributed by atoms with Gasteiger partial charge in [0.2, 0.25) is 10.0 Å². The second-order valence-corrected chi connectivity index (χ2v) is 11.2. The summed E-state index contributed by atoms with van der Waals surface area (Å²) < 4.78 is 46.2. The lowest BCUT2D eigenvalue weighted by atomic mass is 9.83. The second kappa shape index (κ2) is 8.86. The zero-order valence-corrected chi connectivity index (χ0v) is 21.3. The number of amides is 1. The summed E-state index contributed by atoms with van der Waals surface area (Å²) in [7, 11) is -4.14. The Balaban J connectivity index is 1.37. The van der Waals surface area contributed by atoms with Gasteiger partial charge in [-0.15, -0.1) is 0 Å². The van der Waals surface area contributed by atoms with Crippen molar-refractivity contribution in [2.45, 2.75) is 36.9 Å². The minimum absolute atomic E-state index is 0.0758. The molecule has 1 fully saturated rings. The van der Waals surface area contributed by atoms with Crippen LogP contribution in [0.4, 0.5) is 15.9 Å². The Kier molecular flexibility index (Phi) is 5.70. The maximum Gasteiger partial charge on any atom is 0.259 e. The van der Waals surface area contributed by atoms with E-state index in [1.54, 1.807) is 24.0 Å². The van der Waals surface area contributed by atoms with Gasteiger partial charge in [-0.2, -0.15) is 9.61 Å². The minimum Gasteiger partial charge on any atom is -0.365 e. The molecule has 6 rings (SSSR count). The van der Waals surface area contributed by atoms with Gasteiger partial charge in [0.05, 0.1) is 24.1 Å². The smallest absolute Gasteiger partial charge is 0.259 e. The number of sulfonamides is 1. The van der Waals surface area contributed by atoms with E-state index in [4.69, 9.17) is 9.88 Å². The fourth-order valence-electron chi connectivity index (χ4n) is 5.29. The molecule has 1 spiro atoms. The largest absolute Gasteiger partial charge is 0.365 e. The number of nitrogens with zero attached hydrogens (tertiary/aromatic N) is 4. The quantitative estimate of drug-likeness (QED) is 0.409. The van der Waals surface area contributed by atoms with Crippen molar-refractivity contribution in [3.8, 4) is 0 Å². The van der Waals surface area contributed by atoms with Crippen molar-refractivity contribution in [3.05, 3.63) is 82.9 Å². The number of nitrogens with one attached hydrogen (secondary N) is 1. The molecule has 196 valence electrons. The maximum absolute atomic E-state index is 14.7. The Morgan fingerprint density at radius 1 is 1.16 bits per heavy atom. The molecule has 1 amide bonds. The van der Waals surface area contributed by atoms with E-state index >= 15 is 0 Å². The molecule has 2 aromatic heterocycles. The first kappa shape index (κ1) is 24.5. The van der Waals surface area contributed by atoms with Crippen LogP contribution >= 0.6 is 0 Å². The molecule has 4 heterocycles. The number of nitrogens with two attached hydrogens (primary N) is 1. The number of primary sulfonamides is 1. The molecule has 0 saturated carbocycles. The number of benzene rings is 2. The molecule has 0 bridgehead atoms. The monoisotopic (exact) mass is 536 g/mol. The molecule has 0 aliphatic carbocycles. The fraction of sp³-hybridized carbons (Fsp3) is 0.269. The van der Waals surface area contributed by atoms with E-state index in [1.807, 2.05) is 12.1 Å². The van der Waals surface area contributed by atoms with E-state index in [1.165, 1.54) is 17.8 Å². The van der Waals surface area contributed by atoms with Gasteiger partial charge in [0, 0.05) is 19.3 Å². The molecule has 2 aromatic carbocycles. The summed E-state index contributed by atoms with van der Waals surface area (Å²) in [5.74, 6) is -0.805.